The highest BCUT2D eigenvalue weighted by atomic mass is 35.5. The number of anilines is 1. The van der Waals surface area contributed by atoms with Crippen LogP contribution in [0.15, 0.2) is 65.8 Å². The topological polar surface area (TPSA) is 71.8 Å². The van der Waals surface area contributed by atoms with Crippen molar-refractivity contribution < 1.29 is 4.79 Å². The Morgan fingerprint density at radius 2 is 1.75 bits per heavy atom. The molecule has 0 saturated carbocycles. The highest BCUT2D eigenvalue weighted by Gasteiger charge is 2.22. The predicted octanol–water partition coefficient (Wildman–Crippen LogP) is 7.33. The normalized spacial score (nSPS) is 11.8. The summed E-state index contributed by atoms with van der Waals surface area (Å²) >= 11 is 7.98. The van der Waals surface area contributed by atoms with Gasteiger partial charge in [0, 0.05) is 16.5 Å². The molecule has 0 spiro atoms. The standard InChI is InChI=1S/C28H30ClN5OS/c1-17-10-13-24(20(4)14-17)31-27(35)30-21(5)26-32-33-28(36-16-22-9-7-6-8-18(22)2)34(26)25-15-23(29)12-11-19(25)3/h6-15,21H,16H2,1-5H3,(H2,30,31,35). The van der Waals surface area contributed by atoms with Crippen LogP contribution < -0.4 is 10.6 Å². The van der Waals surface area contributed by atoms with Crippen molar-refractivity contribution in [3.8, 4) is 5.69 Å². The third kappa shape index (κ3) is 5.91. The van der Waals surface area contributed by atoms with Crippen LogP contribution in [0, 0.1) is 27.7 Å². The van der Waals surface area contributed by atoms with E-state index in [-0.39, 0.29) is 6.03 Å². The zero-order valence-corrected chi connectivity index (χ0v) is 22.7. The Balaban J connectivity index is 1.62. The molecule has 0 aliphatic heterocycles. The second-order valence-corrected chi connectivity index (χ2v) is 10.3. The fourth-order valence-electron chi connectivity index (χ4n) is 3.99. The van der Waals surface area contributed by atoms with Gasteiger partial charge in [-0.25, -0.2) is 4.79 Å². The maximum atomic E-state index is 12.9. The molecule has 36 heavy (non-hydrogen) atoms. The molecule has 8 heteroatoms. The number of hydrogen-bond donors (Lipinski definition) is 2. The monoisotopic (exact) mass is 519 g/mol. The lowest BCUT2D eigenvalue weighted by atomic mass is 10.1. The average Bonchev–Trinajstić information content (AvgIpc) is 3.26. The summed E-state index contributed by atoms with van der Waals surface area (Å²) in [5.41, 5.74) is 7.31. The first-order valence-corrected chi connectivity index (χ1v) is 13.1. The van der Waals surface area contributed by atoms with Gasteiger partial charge in [-0.1, -0.05) is 71.4 Å². The Labute approximate surface area is 221 Å². The predicted molar refractivity (Wildman–Crippen MR) is 148 cm³/mol. The number of thioether (sulfide) groups is 1. The van der Waals surface area contributed by atoms with E-state index in [2.05, 4.69) is 39.9 Å². The molecule has 0 fully saturated rings. The van der Waals surface area contributed by atoms with Gasteiger partial charge in [0.05, 0.1) is 11.7 Å². The van der Waals surface area contributed by atoms with Gasteiger partial charge in [-0.2, -0.15) is 0 Å². The van der Waals surface area contributed by atoms with Gasteiger partial charge in [-0.05, 0) is 75.1 Å². The molecule has 4 rings (SSSR count). The quantitative estimate of drug-likeness (QED) is 0.251. The maximum Gasteiger partial charge on any atom is 0.319 e. The largest absolute Gasteiger partial charge is 0.328 e. The summed E-state index contributed by atoms with van der Waals surface area (Å²) in [4.78, 5) is 12.9. The fraction of sp³-hybridized carbons (Fsp3) is 0.250. The minimum atomic E-state index is -0.408. The molecular weight excluding hydrogens is 490 g/mol. The van der Waals surface area contributed by atoms with Crippen LogP contribution in [0.4, 0.5) is 10.5 Å². The number of halogens is 1. The van der Waals surface area contributed by atoms with Gasteiger partial charge in [-0.3, -0.25) is 4.57 Å². The van der Waals surface area contributed by atoms with Crippen LogP contribution in [-0.2, 0) is 5.75 Å². The number of hydrogen-bond acceptors (Lipinski definition) is 4. The number of urea groups is 1. The number of amides is 2. The molecule has 0 saturated heterocycles. The first-order valence-electron chi connectivity index (χ1n) is 11.8. The van der Waals surface area contributed by atoms with Crippen molar-refractivity contribution in [2.75, 3.05) is 5.32 Å². The van der Waals surface area contributed by atoms with E-state index in [1.165, 1.54) is 11.1 Å². The molecule has 1 unspecified atom stereocenters. The first-order chi connectivity index (χ1) is 17.2. The van der Waals surface area contributed by atoms with Gasteiger partial charge in [0.15, 0.2) is 11.0 Å². The van der Waals surface area contributed by atoms with E-state index < -0.39 is 6.04 Å². The van der Waals surface area contributed by atoms with Crippen LogP contribution in [0.1, 0.15) is 46.6 Å². The van der Waals surface area contributed by atoms with Crippen molar-refractivity contribution >= 4 is 35.1 Å². The molecule has 0 radical (unpaired) electrons. The summed E-state index contributed by atoms with van der Waals surface area (Å²) in [5.74, 6) is 1.38. The number of benzene rings is 3. The lowest BCUT2D eigenvalue weighted by Crippen LogP contribution is -2.32. The minimum absolute atomic E-state index is 0.305. The summed E-state index contributed by atoms with van der Waals surface area (Å²) in [7, 11) is 0. The lowest BCUT2D eigenvalue weighted by Gasteiger charge is -2.19. The molecule has 2 amide bonds. The number of aryl methyl sites for hydroxylation is 4. The zero-order chi connectivity index (χ0) is 25.8. The van der Waals surface area contributed by atoms with Crippen molar-refractivity contribution in [3.63, 3.8) is 0 Å². The molecule has 186 valence electrons. The summed E-state index contributed by atoms with van der Waals surface area (Å²) in [6, 6.07) is 19.3. The molecule has 1 atom stereocenters. The smallest absolute Gasteiger partial charge is 0.319 e. The third-order valence-electron chi connectivity index (χ3n) is 6.05. The summed E-state index contributed by atoms with van der Waals surface area (Å²) < 4.78 is 1.99. The Morgan fingerprint density at radius 3 is 2.50 bits per heavy atom. The van der Waals surface area contributed by atoms with Crippen LogP contribution in [0.25, 0.3) is 5.69 Å². The van der Waals surface area contributed by atoms with Crippen molar-refractivity contribution in [3.05, 3.63) is 99.3 Å². The first kappa shape index (κ1) is 25.8. The Morgan fingerprint density at radius 1 is 0.972 bits per heavy atom. The van der Waals surface area contributed by atoms with E-state index in [4.69, 9.17) is 11.6 Å². The summed E-state index contributed by atoms with van der Waals surface area (Å²) in [5, 5.41) is 16.3. The third-order valence-corrected chi connectivity index (χ3v) is 7.27. The maximum absolute atomic E-state index is 12.9. The molecule has 1 aromatic heterocycles. The number of rotatable bonds is 7. The highest BCUT2D eigenvalue weighted by molar-refractivity contribution is 7.98. The van der Waals surface area contributed by atoms with Crippen molar-refractivity contribution in [2.24, 2.45) is 0 Å². The van der Waals surface area contributed by atoms with Crippen LogP contribution in [0.2, 0.25) is 5.02 Å². The molecule has 2 N–H and O–H groups in total. The van der Waals surface area contributed by atoms with Crippen LogP contribution in [0.3, 0.4) is 0 Å². The molecular formula is C28H30ClN5OS. The van der Waals surface area contributed by atoms with Crippen molar-refractivity contribution in [1.29, 1.82) is 0 Å². The Bertz CT molecular complexity index is 1400. The number of carbonyl (C=O) groups excluding carboxylic acids is 1. The van der Waals surface area contributed by atoms with Gasteiger partial charge < -0.3 is 10.6 Å². The van der Waals surface area contributed by atoms with Gasteiger partial charge >= 0.3 is 6.03 Å². The van der Waals surface area contributed by atoms with E-state index in [9.17, 15) is 4.79 Å². The number of nitrogens with zero attached hydrogens (tertiary/aromatic N) is 3. The zero-order valence-electron chi connectivity index (χ0n) is 21.1. The highest BCUT2D eigenvalue weighted by Crippen LogP contribution is 2.31. The minimum Gasteiger partial charge on any atom is -0.328 e. The van der Waals surface area contributed by atoms with Gasteiger partial charge in [-0.15, -0.1) is 10.2 Å². The van der Waals surface area contributed by atoms with Gasteiger partial charge in [0.1, 0.15) is 0 Å². The molecule has 1 heterocycles. The van der Waals surface area contributed by atoms with E-state index in [0.717, 1.165) is 39.0 Å². The molecule has 3 aromatic carbocycles. The van der Waals surface area contributed by atoms with E-state index in [1.807, 2.05) is 80.8 Å². The fourth-order valence-corrected chi connectivity index (χ4v) is 5.19. The van der Waals surface area contributed by atoms with Crippen molar-refractivity contribution in [1.82, 2.24) is 20.1 Å². The van der Waals surface area contributed by atoms with Crippen LogP contribution in [-0.4, -0.2) is 20.8 Å². The second-order valence-electron chi connectivity index (χ2n) is 8.96. The van der Waals surface area contributed by atoms with Crippen molar-refractivity contribution in [2.45, 2.75) is 51.6 Å². The van der Waals surface area contributed by atoms with E-state index in [0.29, 0.717) is 10.8 Å². The van der Waals surface area contributed by atoms with E-state index >= 15 is 0 Å². The molecule has 4 aromatic rings. The summed E-state index contributed by atoms with van der Waals surface area (Å²) in [6.07, 6.45) is 0. The number of aromatic nitrogens is 3. The van der Waals surface area contributed by atoms with Gasteiger partial charge in [0.2, 0.25) is 0 Å². The molecule has 0 aliphatic carbocycles. The van der Waals surface area contributed by atoms with E-state index in [1.54, 1.807) is 11.8 Å². The Kier molecular flexibility index (Phi) is 8.01. The molecule has 6 nitrogen and oxygen atoms in total. The summed E-state index contributed by atoms with van der Waals surface area (Å²) in [6.45, 7) is 10.0. The average molecular weight is 520 g/mol. The SMILES string of the molecule is Cc1ccc(NC(=O)NC(C)c2nnc(SCc3ccccc3C)n2-c2cc(Cl)ccc2C)c(C)c1. The lowest BCUT2D eigenvalue weighted by molar-refractivity contribution is 0.248. The van der Waals surface area contributed by atoms with Crippen LogP contribution in [0.5, 0.6) is 0 Å². The number of nitrogens with one attached hydrogen (secondary N) is 2. The molecule has 0 bridgehead atoms. The van der Waals surface area contributed by atoms with Gasteiger partial charge in [0.25, 0.3) is 0 Å². The van der Waals surface area contributed by atoms with Crippen LogP contribution >= 0.6 is 23.4 Å². The molecule has 0 aliphatic rings. The Hall–Kier alpha value is -3.29. The number of carbonyl (C=O) groups is 1. The second kappa shape index (κ2) is 11.2.